The fourth-order valence-corrected chi connectivity index (χ4v) is 2.08. The van der Waals surface area contributed by atoms with E-state index >= 15 is 0 Å². The highest BCUT2D eigenvalue weighted by molar-refractivity contribution is 5.65. The molecule has 0 aromatic heterocycles. The van der Waals surface area contributed by atoms with E-state index in [0.29, 0.717) is 18.6 Å². The minimum atomic E-state index is -0.948. The van der Waals surface area contributed by atoms with Crippen molar-refractivity contribution >= 4 is 0 Å². The molecule has 0 fully saturated rings. The van der Waals surface area contributed by atoms with Gasteiger partial charge in [0.15, 0.2) is 23.2 Å². The average Bonchev–Trinajstić information content (AvgIpc) is 2.49. The Balaban J connectivity index is 2.39. The summed E-state index contributed by atoms with van der Waals surface area (Å²) in [6.07, 6.45) is 1.17. The van der Waals surface area contributed by atoms with Crippen LogP contribution in [0.1, 0.15) is 25.8 Å². The lowest BCUT2D eigenvalue weighted by atomic mass is 10.0. The Labute approximate surface area is 122 Å². The van der Waals surface area contributed by atoms with E-state index in [1.165, 1.54) is 24.3 Å². The maximum absolute atomic E-state index is 14.0. The summed E-state index contributed by atoms with van der Waals surface area (Å²) in [4.78, 5) is 0. The zero-order valence-electron chi connectivity index (χ0n) is 12.1. The first-order chi connectivity index (χ1) is 10.1. The van der Waals surface area contributed by atoms with Crippen LogP contribution >= 0.6 is 0 Å². The second kappa shape index (κ2) is 6.66. The van der Waals surface area contributed by atoms with Crippen molar-refractivity contribution in [3.8, 4) is 16.9 Å². The van der Waals surface area contributed by atoms with Crippen molar-refractivity contribution in [3.05, 3.63) is 53.3 Å². The van der Waals surface area contributed by atoms with Gasteiger partial charge in [0.1, 0.15) is 0 Å². The molecule has 0 aliphatic heterocycles. The van der Waals surface area contributed by atoms with Crippen LogP contribution in [0.5, 0.6) is 5.75 Å². The molecule has 0 spiro atoms. The average molecular weight is 294 g/mol. The molecule has 0 aliphatic carbocycles. The molecule has 0 atom stereocenters. The third-order valence-corrected chi connectivity index (χ3v) is 3.25. The van der Waals surface area contributed by atoms with Gasteiger partial charge in [-0.25, -0.2) is 13.2 Å². The summed E-state index contributed by atoms with van der Waals surface area (Å²) in [6.45, 7) is 4.07. The van der Waals surface area contributed by atoms with Crippen molar-refractivity contribution in [1.29, 1.82) is 0 Å². The van der Waals surface area contributed by atoms with Crippen LogP contribution in [0.25, 0.3) is 11.1 Å². The van der Waals surface area contributed by atoms with Gasteiger partial charge in [0.05, 0.1) is 6.61 Å². The minimum absolute atomic E-state index is 0.0469. The Kier molecular flexibility index (Phi) is 4.89. The van der Waals surface area contributed by atoms with Gasteiger partial charge in [-0.1, -0.05) is 32.0 Å². The third kappa shape index (κ3) is 3.20. The second-order valence-corrected chi connectivity index (χ2v) is 4.75. The zero-order valence-corrected chi connectivity index (χ0v) is 12.1. The molecular formula is C17H17F3O. The Morgan fingerprint density at radius 2 is 1.71 bits per heavy atom. The van der Waals surface area contributed by atoms with E-state index in [9.17, 15) is 13.2 Å². The van der Waals surface area contributed by atoms with Crippen molar-refractivity contribution in [2.24, 2.45) is 0 Å². The first-order valence-electron chi connectivity index (χ1n) is 6.98. The molecule has 1 nitrogen and oxygen atoms in total. The molecule has 0 bridgehead atoms. The largest absolute Gasteiger partial charge is 0.491 e. The number of hydrogen-bond acceptors (Lipinski definition) is 1. The molecule has 0 radical (unpaired) electrons. The number of aryl methyl sites for hydroxylation is 1. The number of rotatable bonds is 5. The Hall–Kier alpha value is -1.97. The lowest BCUT2D eigenvalue weighted by Gasteiger charge is -2.10. The van der Waals surface area contributed by atoms with Crippen LogP contribution in [0.2, 0.25) is 0 Å². The lowest BCUT2D eigenvalue weighted by molar-refractivity contribution is 0.301. The van der Waals surface area contributed by atoms with E-state index in [1.54, 1.807) is 6.92 Å². The molecule has 2 aromatic carbocycles. The van der Waals surface area contributed by atoms with Crippen LogP contribution in [0.4, 0.5) is 13.2 Å². The predicted molar refractivity (Wildman–Crippen MR) is 76.9 cm³/mol. The Bertz CT molecular complexity index is 638. The van der Waals surface area contributed by atoms with Gasteiger partial charge >= 0.3 is 0 Å². The predicted octanol–water partition coefficient (Wildman–Crippen LogP) is 5.12. The van der Waals surface area contributed by atoms with Gasteiger partial charge in [0.2, 0.25) is 0 Å². The first kappa shape index (κ1) is 15.4. The maximum atomic E-state index is 14.0. The number of benzene rings is 2. The maximum Gasteiger partial charge on any atom is 0.166 e. The summed E-state index contributed by atoms with van der Waals surface area (Å²) in [5.74, 6) is -2.29. The molecule has 0 heterocycles. The van der Waals surface area contributed by atoms with Gasteiger partial charge in [-0.3, -0.25) is 0 Å². The molecule has 2 aromatic rings. The highest BCUT2D eigenvalue weighted by Gasteiger charge is 2.15. The van der Waals surface area contributed by atoms with E-state index in [0.717, 1.165) is 12.5 Å². The smallest absolute Gasteiger partial charge is 0.166 e. The molecular weight excluding hydrogens is 277 g/mol. The van der Waals surface area contributed by atoms with Crippen molar-refractivity contribution in [1.82, 2.24) is 0 Å². The van der Waals surface area contributed by atoms with Crippen LogP contribution in [-0.4, -0.2) is 6.61 Å². The molecule has 4 heteroatoms. The molecule has 2 rings (SSSR count). The van der Waals surface area contributed by atoms with Crippen LogP contribution in [0.3, 0.4) is 0 Å². The molecule has 0 saturated heterocycles. The van der Waals surface area contributed by atoms with Crippen molar-refractivity contribution in [2.75, 3.05) is 6.61 Å². The van der Waals surface area contributed by atoms with Gasteiger partial charge in [-0.2, -0.15) is 0 Å². The fraction of sp³-hybridized carbons (Fsp3) is 0.294. The van der Waals surface area contributed by atoms with Crippen LogP contribution < -0.4 is 4.74 Å². The van der Waals surface area contributed by atoms with Gasteiger partial charge in [0.25, 0.3) is 0 Å². The highest BCUT2D eigenvalue weighted by Crippen LogP contribution is 2.30. The molecule has 0 aliphatic rings. The summed E-state index contributed by atoms with van der Waals surface area (Å²) in [7, 11) is 0. The molecule has 0 unspecified atom stereocenters. The summed E-state index contributed by atoms with van der Waals surface area (Å²) < 4.78 is 47.0. The first-order valence-corrected chi connectivity index (χ1v) is 6.98. The normalized spacial score (nSPS) is 10.7. The second-order valence-electron chi connectivity index (χ2n) is 4.75. The van der Waals surface area contributed by atoms with E-state index < -0.39 is 17.5 Å². The van der Waals surface area contributed by atoms with E-state index in [4.69, 9.17) is 4.74 Å². The minimum Gasteiger partial charge on any atom is -0.491 e. The van der Waals surface area contributed by atoms with E-state index in [-0.39, 0.29) is 16.9 Å². The SMILES string of the molecule is CCCOc1ccc(-c2ccc(CC)c(F)c2F)cc1F. The van der Waals surface area contributed by atoms with Gasteiger partial charge in [-0.15, -0.1) is 0 Å². The summed E-state index contributed by atoms with van der Waals surface area (Å²) in [5, 5.41) is 0. The lowest BCUT2D eigenvalue weighted by Crippen LogP contribution is -1.99. The van der Waals surface area contributed by atoms with Gasteiger partial charge < -0.3 is 4.74 Å². The zero-order chi connectivity index (χ0) is 15.4. The molecule has 0 N–H and O–H groups in total. The summed E-state index contributed by atoms with van der Waals surface area (Å²) >= 11 is 0. The number of halogens is 3. The van der Waals surface area contributed by atoms with Crippen molar-refractivity contribution < 1.29 is 17.9 Å². The molecule has 0 amide bonds. The van der Waals surface area contributed by atoms with Crippen LogP contribution in [-0.2, 0) is 6.42 Å². The Morgan fingerprint density at radius 1 is 0.952 bits per heavy atom. The fourth-order valence-electron chi connectivity index (χ4n) is 2.08. The Morgan fingerprint density at radius 3 is 2.33 bits per heavy atom. The molecule has 21 heavy (non-hydrogen) atoms. The van der Waals surface area contributed by atoms with E-state index in [1.807, 2.05) is 6.92 Å². The topological polar surface area (TPSA) is 9.23 Å². The van der Waals surface area contributed by atoms with Crippen LogP contribution in [0.15, 0.2) is 30.3 Å². The van der Waals surface area contributed by atoms with Crippen LogP contribution in [0, 0.1) is 17.5 Å². The van der Waals surface area contributed by atoms with Crippen molar-refractivity contribution in [2.45, 2.75) is 26.7 Å². The molecule has 112 valence electrons. The van der Waals surface area contributed by atoms with Gasteiger partial charge in [-0.05, 0) is 36.1 Å². The highest BCUT2D eigenvalue weighted by atomic mass is 19.2. The summed E-state index contributed by atoms with van der Waals surface area (Å²) in [5.41, 5.74) is 0.640. The van der Waals surface area contributed by atoms with Gasteiger partial charge in [0, 0.05) is 5.56 Å². The van der Waals surface area contributed by atoms with E-state index in [2.05, 4.69) is 0 Å². The number of ether oxygens (including phenoxy) is 1. The number of hydrogen-bond donors (Lipinski definition) is 0. The summed E-state index contributed by atoms with van der Waals surface area (Å²) in [6, 6.07) is 7.11. The van der Waals surface area contributed by atoms with Crippen molar-refractivity contribution in [3.63, 3.8) is 0 Å². The monoisotopic (exact) mass is 294 g/mol. The molecule has 0 saturated carbocycles. The standard InChI is InChI=1S/C17H17F3O/c1-3-9-21-15-8-6-12(10-14(15)18)13-7-5-11(4-2)16(19)17(13)20/h5-8,10H,3-4,9H2,1-2H3. The third-order valence-electron chi connectivity index (χ3n) is 3.25. The quantitative estimate of drug-likeness (QED) is 0.743.